The number of methoxy groups -OCH3 is 1. The number of carbonyl (C=O) groups is 1. The number of carbonyl (C=O) groups excluding carboxylic acids is 1. The van der Waals surface area contributed by atoms with E-state index in [1.165, 1.54) is 0 Å². The fraction of sp³-hybridized carbons (Fsp3) is 0.500. The first-order valence-corrected chi connectivity index (χ1v) is 6.14. The molecule has 0 aromatic heterocycles. The van der Waals surface area contributed by atoms with Gasteiger partial charge in [-0.05, 0) is 37.2 Å². The van der Waals surface area contributed by atoms with Gasteiger partial charge in [0.05, 0.1) is 13.2 Å². The molecule has 0 spiro atoms. The van der Waals surface area contributed by atoms with Crippen molar-refractivity contribution in [2.24, 2.45) is 0 Å². The molecular formula is C14H21NO2. The highest BCUT2D eigenvalue weighted by Crippen LogP contribution is 2.14. The van der Waals surface area contributed by atoms with Crippen LogP contribution in [0.15, 0.2) is 24.3 Å². The molecule has 0 aliphatic heterocycles. The Morgan fingerprint density at radius 1 is 1.29 bits per heavy atom. The van der Waals surface area contributed by atoms with Crippen LogP contribution in [0.5, 0.6) is 5.75 Å². The maximum Gasteiger partial charge on any atom is 0.179 e. The summed E-state index contributed by atoms with van der Waals surface area (Å²) in [4.78, 5) is 12.2. The first kappa shape index (κ1) is 13.7. The third kappa shape index (κ3) is 3.86. The second-order valence-electron chi connectivity index (χ2n) is 3.99. The molecule has 1 aromatic carbocycles. The van der Waals surface area contributed by atoms with Crippen LogP contribution in [0.1, 0.15) is 37.0 Å². The minimum absolute atomic E-state index is 0.0709. The van der Waals surface area contributed by atoms with E-state index in [1.807, 2.05) is 31.2 Å². The molecule has 0 aliphatic rings. The first-order valence-electron chi connectivity index (χ1n) is 6.14. The number of rotatable bonds is 7. The normalized spacial score (nSPS) is 12.2. The summed E-state index contributed by atoms with van der Waals surface area (Å²) < 4.78 is 5.08. The van der Waals surface area contributed by atoms with Crippen LogP contribution in [0.3, 0.4) is 0 Å². The molecule has 1 aromatic rings. The number of ketones is 1. The van der Waals surface area contributed by atoms with Crippen LogP contribution < -0.4 is 10.1 Å². The van der Waals surface area contributed by atoms with Crippen molar-refractivity contribution in [2.45, 2.75) is 32.7 Å². The van der Waals surface area contributed by atoms with E-state index in [-0.39, 0.29) is 11.8 Å². The summed E-state index contributed by atoms with van der Waals surface area (Å²) in [6, 6.07) is 7.21. The van der Waals surface area contributed by atoms with Crippen molar-refractivity contribution in [1.82, 2.24) is 5.32 Å². The minimum Gasteiger partial charge on any atom is -0.497 e. The van der Waals surface area contributed by atoms with E-state index < -0.39 is 0 Å². The maximum absolute atomic E-state index is 12.2. The van der Waals surface area contributed by atoms with E-state index in [0.29, 0.717) is 0 Å². The lowest BCUT2D eigenvalue weighted by Crippen LogP contribution is -2.36. The Morgan fingerprint density at radius 3 is 2.41 bits per heavy atom. The van der Waals surface area contributed by atoms with Gasteiger partial charge < -0.3 is 10.1 Å². The highest BCUT2D eigenvalue weighted by atomic mass is 16.5. The Hall–Kier alpha value is -1.35. The fourth-order valence-corrected chi connectivity index (χ4v) is 1.82. The lowest BCUT2D eigenvalue weighted by molar-refractivity contribution is 0.0938. The van der Waals surface area contributed by atoms with Crippen LogP contribution in [0.25, 0.3) is 0 Å². The molecule has 3 heteroatoms. The minimum atomic E-state index is -0.0709. The van der Waals surface area contributed by atoms with Crippen molar-refractivity contribution in [1.29, 1.82) is 0 Å². The number of hydrogen-bond acceptors (Lipinski definition) is 3. The van der Waals surface area contributed by atoms with Gasteiger partial charge in [-0.15, -0.1) is 0 Å². The predicted octanol–water partition coefficient (Wildman–Crippen LogP) is 2.66. The zero-order chi connectivity index (χ0) is 12.7. The Morgan fingerprint density at radius 2 is 1.94 bits per heavy atom. The molecule has 1 N–H and O–H groups in total. The van der Waals surface area contributed by atoms with Gasteiger partial charge in [0.25, 0.3) is 0 Å². The molecule has 94 valence electrons. The largest absolute Gasteiger partial charge is 0.497 e. The molecule has 0 saturated carbocycles. The summed E-state index contributed by atoms with van der Waals surface area (Å²) in [7, 11) is 1.62. The van der Waals surface area contributed by atoms with E-state index in [2.05, 4.69) is 12.2 Å². The van der Waals surface area contributed by atoms with Crippen LogP contribution in [-0.2, 0) is 0 Å². The fourth-order valence-electron chi connectivity index (χ4n) is 1.82. The number of benzene rings is 1. The topological polar surface area (TPSA) is 38.3 Å². The van der Waals surface area contributed by atoms with Gasteiger partial charge in [-0.2, -0.15) is 0 Å². The van der Waals surface area contributed by atoms with Gasteiger partial charge in [-0.25, -0.2) is 0 Å². The zero-order valence-corrected chi connectivity index (χ0v) is 10.8. The number of ether oxygens (including phenoxy) is 1. The smallest absolute Gasteiger partial charge is 0.179 e. The van der Waals surface area contributed by atoms with E-state index in [9.17, 15) is 4.79 Å². The second kappa shape index (κ2) is 7.07. The summed E-state index contributed by atoms with van der Waals surface area (Å²) in [6.45, 7) is 4.92. The van der Waals surface area contributed by atoms with Crippen molar-refractivity contribution in [3.05, 3.63) is 29.8 Å². The Balaban J connectivity index is 2.77. The standard InChI is InChI=1S/C14H21NO2/c1-4-6-13(15-5-2)14(16)11-7-9-12(17-3)10-8-11/h7-10,13,15H,4-6H2,1-3H3/t13-/m1/s1. The van der Waals surface area contributed by atoms with Gasteiger partial charge in [-0.3, -0.25) is 4.79 Å². The van der Waals surface area contributed by atoms with Gasteiger partial charge in [0.1, 0.15) is 5.75 Å². The Bertz CT molecular complexity index is 340. The van der Waals surface area contributed by atoms with Crippen LogP contribution in [-0.4, -0.2) is 25.5 Å². The van der Waals surface area contributed by atoms with Crippen molar-refractivity contribution in [2.75, 3.05) is 13.7 Å². The average Bonchev–Trinajstić information content (AvgIpc) is 2.38. The second-order valence-corrected chi connectivity index (χ2v) is 3.99. The highest BCUT2D eigenvalue weighted by molar-refractivity contribution is 6.00. The third-order valence-corrected chi connectivity index (χ3v) is 2.72. The Kier molecular flexibility index (Phi) is 5.70. The lowest BCUT2D eigenvalue weighted by atomic mass is 10.0. The van der Waals surface area contributed by atoms with Crippen molar-refractivity contribution >= 4 is 5.78 Å². The molecule has 0 heterocycles. The number of nitrogens with one attached hydrogen (secondary N) is 1. The molecule has 0 amide bonds. The molecule has 0 unspecified atom stereocenters. The summed E-state index contributed by atoms with van der Waals surface area (Å²) >= 11 is 0. The van der Waals surface area contributed by atoms with Crippen LogP contribution in [0, 0.1) is 0 Å². The molecule has 0 radical (unpaired) electrons. The molecule has 17 heavy (non-hydrogen) atoms. The molecule has 3 nitrogen and oxygen atoms in total. The monoisotopic (exact) mass is 235 g/mol. The number of hydrogen-bond donors (Lipinski definition) is 1. The number of Topliss-reactive ketones (excluding diaryl/α,β-unsaturated/α-hetero) is 1. The van der Waals surface area contributed by atoms with Crippen molar-refractivity contribution in [3.8, 4) is 5.75 Å². The summed E-state index contributed by atoms with van der Waals surface area (Å²) in [5.41, 5.74) is 0.741. The summed E-state index contributed by atoms with van der Waals surface area (Å²) in [5.74, 6) is 0.938. The first-order chi connectivity index (χ1) is 8.22. The van der Waals surface area contributed by atoms with Crippen molar-refractivity contribution < 1.29 is 9.53 Å². The average molecular weight is 235 g/mol. The predicted molar refractivity (Wildman–Crippen MR) is 69.7 cm³/mol. The van der Waals surface area contributed by atoms with Gasteiger partial charge >= 0.3 is 0 Å². The quantitative estimate of drug-likeness (QED) is 0.738. The molecule has 0 bridgehead atoms. The number of likely N-dealkylation sites (N-methyl/N-ethyl adjacent to an activating group) is 1. The molecule has 0 aliphatic carbocycles. The SMILES string of the molecule is CCC[C@@H](NCC)C(=O)c1ccc(OC)cc1. The van der Waals surface area contributed by atoms with Crippen LogP contribution >= 0.6 is 0 Å². The maximum atomic E-state index is 12.2. The van der Waals surface area contributed by atoms with Gasteiger partial charge in [0, 0.05) is 5.56 Å². The van der Waals surface area contributed by atoms with Crippen LogP contribution in [0.2, 0.25) is 0 Å². The van der Waals surface area contributed by atoms with Crippen LogP contribution in [0.4, 0.5) is 0 Å². The lowest BCUT2D eigenvalue weighted by Gasteiger charge is -2.15. The Labute approximate surface area is 103 Å². The third-order valence-electron chi connectivity index (χ3n) is 2.72. The van der Waals surface area contributed by atoms with Gasteiger partial charge in [-0.1, -0.05) is 20.3 Å². The van der Waals surface area contributed by atoms with E-state index in [1.54, 1.807) is 7.11 Å². The molecular weight excluding hydrogens is 214 g/mol. The summed E-state index contributed by atoms with van der Waals surface area (Å²) in [6.07, 6.45) is 1.87. The van der Waals surface area contributed by atoms with Gasteiger partial charge in [0.15, 0.2) is 5.78 Å². The molecule has 0 fully saturated rings. The van der Waals surface area contributed by atoms with E-state index in [4.69, 9.17) is 4.74 Å². The molecule has 0 saturated heterocycles. The van der Waals surface area contributed by atoms with E-state index in [0.717, 1.165) is 30.7 Å². The molecule has 1 atom stereocenters. The zero-order valence-electron chi connectivity index (χ0n) is 10.8. The summed E-state index contributed by atoms with van der Waals surface area (Å²) in [5, 5.41) is 3.23. The highest BCUT2D eigenvalue weighted by Gasteiger charge is 2.17. The van der Waals surface area contributed by atoms with Crippen molar-refractivity contribution in [3.63, 3.8) is 0 Å². The van der Waals surface area contributed by atoms with Gasteiger partial charge in [0.2, 0.25) is 0 Å². The van der Waals surface area contributed by atoms with E-state index >= 15 is 0 Å². The molecule has 1 rings (SSSR count).